The molecule has 110 valence electrons. The smallest absolute Gasteiger partial charge is 0.321 e. The van der Waals surface area contributed by atoms with Gasteiger partial charge in [-0.25, -0.2) is 0 Å². The third kappa shape index (κ3) is 2.62. The summed E-state index contributed by atoms with van der Waals surface area (Å²) in [5.74, 6) is 0.144. The predicted molar refractivity (Wildman–Crippen MR) is 77.2 cm³/mol. The molecular formula is C14H12N6O2. The van der Waals surface area contributed by atoms with Crippen LogP contribution < -0.4 is 10.0 Å². The van der Waals surface area contributed by atoms with Crippen LogP contribution in [0.5, 0.6) is 0 Å². The largest absolute Gasteiger partial charge is 0.618 e. The van der Waals surface area contributed by atoms with Crippen molar-refractivity contribution < 1.29 is 9.52 Å². The number of nitrogens with zero attached hydrogens (tertiary/aromatic N) is 5. The molecule has 2 aromatic heterocycles. The van der Waals surface area contributed by atoms with Crippen molar-refractivity contribution in [3.63, 3.8) is 0 Å². The Morgan fingerprint density at radius 1 is 1.27 bits per heavy atom. The lowest BCUT2D eigenvalue weighted by Crippen LogP contribution is -2.36. The fourth-order valence-corrected chi connectivity index (χ4v) is 1.98. The third-order valence-electron chi connectivity index (χ3n) is 3.03. The summed E-state index contributed by atoms with van der Waals surface area (Å²) in [5.41, 5.74) is 1.27. The molecule has 0 fully saturated rings. The highest BCUT2D eigenvalue weighted by Gasteiger charge is 2.15. The van der Waals surface area contributed by atoms with Gasteiger partial charge < -0.3 is 10.5 Å². The fraction of sp³-hybridized carbons (Fsp3) is 0.0714. The van der Waals surface area contributed by atoms with Crippen molar-refractivity contribution in [1.82, 2.24) is 20.2 Å². The summed E-state index contributed by atoms with van der Waals surface area (Å²) in [5, 5.41) is 25.5. The second kappa shape index (κ2) is 5.60. The first-order valence-electron chi connectivity index (χ1n) is 6.50. The van der Waals surface area contributed by atoms with Crippen molar-refractivity contribution in [1.29, 1.82) is 0 Å². The zero-order valence-electron chi connectivity index (χ0n) is 11.7. The Hall–Kier alpha value is -3.29. The molecule has 0 aliphatic carbocycles. The van der Waals surface area contributed by atoms with Crippen molar-refractivity contribution in [3.8, 4) is 5.69 Å². The monoisotopic (exact) mass is 296 g/mol. The molecular weight excluding hydrogens is 284 g/mol. The Morgan fingerprint density at radius 3 is 2.86 bits per heavy atom. The summed E-state index contributed by atoms with van der Waals surface area (Å²) in [6.07, 6.45) is 1.27. The van der Waals surface area contributed by atoms with Gasteiger partial charge in [0.05, 0.1) is 5.69 Å². The Morgan fingerprint density at radius 2 is 2.14 bits per heavy atom. The molecule has 0 atom stereocenters. The number of hydrogen-bond acceptors (Lipinski definition) is 5. The second-order valence-corrected chi connectivity index (χ2v) is 4.55. The average molecular weight is 296 g/mol. The molecule has 1 amide bonds. The highest BCUT2D eigenvalue weighted by atomic mass is 16.5. The van der Waals surface area contributed by atoms with Crippen LogP contribution in [0.2, 0.25) is 0 Å². The van der Waals surface area contributed by atoms with E-state index in [9.17, 15) is 10.0 Å². The van der Waals surface area contributed by atoms with Crippen LogP contribution in [0.15, 0.2) is 48.7 Å². The van der Waals surface area contributed by atoms with Crippen LogP contribution in [0, 0.1) is 12.1 Å². The lowest BCUT2D eigenvalue weighted by molar-refractivity contribution is -0.607. The number of carbonyl (C=O) groups is 1. The van der Waals surface area contributed by atoms with Gasteiger partial charge in [0.2, 0.25) is 0 Å². The van der Waals surface area contributed by atoms with E-state index in [2.05, 4.69) is 20.8 Å². The maximum atomic E-state index is 12.1. The minimum absolute atomic E-state index is 0.0199. The summed E-state index contributed by atoms with van der Waals surface area (Å²) in [6.45, 7) is 1.77. The first kappa shape index (κ1) is 13.7. The van der Waals surface area contributed by atoms with E-state index in [1.807, 2.05) is 6.07 Å². The van der Waals surface area contributed by atoms with Gasteiger partial charge in [-0.2, -0.15) is 9.41 Å². The molecule has 3 rings (SSSR count). The zero-order chi connectivity index (χ0) is 15.5. The number of aromatic nitrogens is 5. The van der Waals surface area contributed by atoms with E-state index in [-0.39, 0.29) is 5.69 Å². The minimum Gasteiger partial charge on any atom is -0.618 e. The van der Waals surface area contributed by atoms with Crippen LogP contribution in [0.1, 0.15) is 16.3 Å². The van der Waals surface area contributed by atoms with Gasteiger partial charge >= 0.3 is 5.91 Å². The lowest BCUT2D eigenvalue weighted by Gasteiger charge is -2.07. The minimum atomic E-state index is -0.485. The molecule has 0 aliphatic rings. The Balaban J connectivity index is 1.86. The number of aryl methyl sites for hydroxylation is 1. The van der Waals surface area contributed by atoms with Gasteiger partial charge in [0.25, 0.3) is 5.69 Å². The van der Waals surface area contributed by atoms with E-state index >= 15 is 0 Å². The molecule has 8 heteroatoms. The number of nitrogens with one attached hydrogen (secondary N) is 1. The predicted octanol–water partition coefficient (Wildman–Crippen LogP) is 0.856. The molecule has 0 radical (unpaired) electrons. The van der Waals surface area contributed by atoms with Gasteiger partial charge in [-0.15, -0.1) is 5.10 Å². The number of pyridine rings is 1. The maximum absolute atomic E-state index is 12.1. The van der Waals surface area contributed by atoms with Crippen molar-refractivity contribution in [2.75, 3.05) is 5.32 Å². The highest BCUT2D eigenvalue weighted by molar-refractivity contribution is 6.01. The maximum Gasteiger partial charge on any atom is 0.321 e. The number of carbonyl (C=O) groups excluding carboxylic acids is 1. The van der Waals surface area contributed by atoms with E-state index in [4.69, 9.17) is 0 Å². The molecule has 0 bridgehead atoms. The van der Waals surface area contributed by atoms with Gasteiger partial charge in [0.15, 0.2) is 12.0 Å². The van der Waals surface area contributed by atoms with E-state index in [0.717, 1.165) is 0 Å². The van der Waals surface area contributed by atoms with Gasteiger partial charge in [0.1, 0.15) is 0 Å². The zero-order valence-corrected chi connectivity index (χ0v) is 11.7. The fourth-order valence-electron chi connectivity index (χ4n) is 1.98. The van der Waals surface area contributed by atoms with Crippen molar-refractivity contribution in [2.24, 2.45) is 0 Å². The second-order valence-electron chi connectivity index (χ2n) is 4.55. The molecule has 1 aromatic carbocycles. The summed E-state index contributed by atoms with van der Waals surface area (Å²) in [7, 11) is 0. The van der Waals surface area contributed by atoms with Crippen LogP contribution in [0.3, 0.4) is 0 Å². The summed E-state index contributed by atoms with van der Waals surface area (Å²) < 4.78 is 2.07. The van der Waals surface area contributed by atoms with Crippen molar-refractivity contribution in [2.45, 2.75) is 6.92 Å². The van der Waals surface area contributed by atoms with Crippen molar-refractivity contribution in [3.05, 3.63) is 65.4 Å². The molecule has 0 aliphatic heterocycles. The number of amides is 1. The summed E-state index contributed by atoms with van der Waals surface area (Å²) in [6, 6.07) is 11.7. The molecule has 22 heavy (non-hydrogen) atoms. The quantitative estimate of drug-likeness (QED) is 0.570. The van der Waals surface area contributed by atoms with Crippen LogP contribution in [-0.4, -0.2) is 26.1 Å². The number of tetrazole rings is 1. The van der Waals surface area contributed by atoms with Crippen LogP contribution in [0.4, 0.5) is 5.69 Å². The third-order valence-corrected chi connectivity index (χ3v) is 3.03. The highest BCUT2D eigenvalue weighted by Crippen LogP contribution is 2.15. The molecule has 0 spiro atoms. The van der Waals surface area contributed by atoms with Crippen molar-refractivity contribution >= 4 is 11.6 Å². The number of benzene rings is 1. The standard InChI is InChI=1S/C14H12N6O2/c1-10-16-17-18-20(10)12-6-4-5-11(9-12)15-14(21)13-7-2-3-8-19(13)22/h2-9H,1H3,(H,15,21). The normalized spacial score (nSPS) is 10.4. The number of anilines is 1. The molecule has 0 saturated heterocycles. The lowest BCUT2D eigenvalue weighted by atomic mass is 10.2. The average Bonchev–Trinajstić information content (AvgIpc) is 2.94. The first-order valence-corrected chi connectivity index (χ1v) is 6.50. The summed E-state index contributed by atoms with van der Waals surface area (Å²) in [4.78, 5) is 12.1. The van der Waals surface area contributed by atoms with E-state index in [1.54, 1.807) is 41.9 Å². The van der Waals surface area contributed by atoms with Gasteiger partial charge in [-0.05, 0) is 41.6 Å². The SMILES string of the molecule is Cc1nnnn1-c1cccc(NC(=O)c2cccc[n+]2[O-])c1. The molecule has 0 unspecified atom stereocenters. The number of hydrogen-bond donors (Lipinski definition) is 1. The number of rotatable bonds is 3. The van der Waals surface area contributed by atoms with E-state index in [0.29, 0.717) is 21.9 Å². The van der Waals surface area contributed by atoms with Gasteiger partial charge in [-0.1, -0.05) is 6.07 Å². The Kier molecular flexibility index (Phi) is 3.48. The van der Waals surface area contributed by atoms with Crippen LogP contribution in [-0.2, 0) is 0 Å². The van der Waals surface area contributed by atoms with Crippen LogP contribution in [0.25, 0.3) is 5.69 Å². The first-order chi connectivity index (χ1) is 10.6. The summed E-state index contributed by atoms with van der Waals surface area (Å²) >= 11 is 0. The van der Waals surface area contributed by atoms with Gasteiger partial charge in [0, 0.05) is 17.8 Å². The molecule has 8 nitrogen and oxygen atoms in total. The molecule has 1 N–H and O–H groups in total. The van der Waals surface area contributed by atoms with Gasteiger partial charge in [-0.3, -0.25) is 4.79 Å². The molecule has 2 heterocycles. The van der Waals surface area contributed by atoms with E-state index in [1.165, 1.54) is 12.3 Å². The molecule has 0 saturated carbocycles. The van der Waals surface area contributed by atoms with E-state index < -0.39 is 5.91 Å². The Labute approximate surface area is 125 Å². The van der Waals surface area contributed by atoms with Crippen LogP contribution >= 0.6 is 0 Å². The Bertz CT molecular complexity index is 829. The topological polar surface area (TPSA) is 99.6 Å². The molecule has 3 aromatic rings.